The van der Waals surface area contributed by atoms with E-state index in [9.17, 15) is 14.0 Å². The minimum absolute atomic E-state index is 0.0247. The second kappa shape index (κ2) is 12.6. The van der Waals surface area contributed by atoms with Gasteiger partial charge in [0.15, 0.2) is 0 Å². The fourth-order valence-corrected chi connectivity index (χ4v) is 7.52. The molecule has 2 amide bonds. The third kappa shape index (κ3) is 5.44. The summed E-state index contributed by atoms with van der Waals surface area (Å²) in [4.78, 5) is 33.7. The number of carbonyl (C=O) groups excluding carboxylic acids is 2. The maximum absolute atomic E-state index is 16.1. The molecule has 1 unspecified atom stereocenters. The highest BCUT2D eigenvalue weighted by Gasteiger charge is 2.32. The zero-order chi connectivity index (χ0) is 33.7. The van der Waals surface area contributed by atoms with Crippen molar-refractivity contribution in [1.82, 2.24) is 24.6 Å². The van der Waals surface area contributed by atoms with Gasteiger partial charge in [0.25, 0.3) is 0 Å². The molecule has 48 heavy (non-hydrogen) atoms. The van der Waals surface area contributed by atoms with Gasteiger partial charge in [-0.1, -0.05) is 18.7 Å². The van der Waals surface area contributed by atoms with E-state index in [1.54, 1.807) is 16.8 Å². The molecule has 0 aliphatic carbocycles. The highest BCUT2D eigenvalue weighted by Crippen LogP contribution is 2.47. The first-order valence-electron chi connectivity index (χ1n) is 15.6. The molecule has 1 atom stereocenters. The lowest BCUT2D eigenvalue weighted by atomic mass is 9.93. The summed E-state index contributed by atoms with van der Waals surface area (Å²) in [6.45, 7) is 7.26. The smallest absolute Gasteiger partial charge is 0.246 e. The number of aromatic nitrogens is 3. The predicted octanol–water partition coefficient (Wildman–Crippen LogP) is 6.40. The van der Waals surface area contributed by atoms with Crippen molar-refractivity contribution in [2.75, 3.05) is 33.9 Å². The number of hydrogen-bond acceptors (Lipinski definition) is 7. The number of methoxy groups -OCH3 is 1. The molecule has 12 heteroatoms. The van der Waals surface area contributed by atoms with Crippen LogP contribution in [-0.4, -0.2) is 70.3 Å². The number of thiophene rings is 1. The van der Waals surface area contributed by atoms with E-state index in [0.717, 1.165) is 38.5 Å². The number of benzene rings is 2. The van der Waals surface area contributed by atoms with Gasteiger partial charge in [0.2, 0.25) is 11.8 Å². The Hall–Kier alpha value is -4.94. The normalized spacial score (nSPS) is 15.9. The monoisotopic (exact) mass is 669 g/mol. The third-order valence-electron chi connectivity index (χ3n) is 9.04. The van der Waals surface area contributed by atoms with Gasteiger partial charge in [-0.2, -0.15) is 5.10 Å². The van der Waals surface area contributed by atoms with Gasteiger partial charge >= 0.3 is 0 Å². The van der Waals surface area contributed by atoms with Crippen LogP contribution in [0.2, 0.25) is 0 Å². The molecule has 0 bridgehead atoms. The summed E-state index contributed by atoms with van der Waals surface area (Å²) in [5, 5.41) is 7.64. The summed E-state index contributed by atoms with van der Waals surface area (Å²) >= 11 is 1.42. The highest BCUT2D eigenvalue weighted by molar-refractivity contribution is 7.18. The van der Waals surface area contributed by atoms with Crippen LogP contribution in [0.1, 0.15) is 29.8 Å². The summed E-state index contributed by atoms with van der Waals surface area (Å²) in [5.41, 5.74) is 5.67. The fourth-order valence-electron chi connectivity index (χ4n) is 6.57. The summed E-state index contributed by atoms with van der Waals surface area (Å²) in [6, 6.07) is 11.5. The first-order chi connectivity index (χ1) is 23.2. The average molecular weight is 670 g/mol. The van der Waals surface area contributed by atoms with Crippen molar-refractivity contribution in [3.8, 4) is 39.5 Å². The van der Waals surface area contributed by atoms with Crippen LogP contribution in [0.25, 0.3) is 43.9 Å². The Morgan fingerprint density at radius 2 is 1.92 bits per heavy atom. The lowest BCUT2D eigenvalue weighted by Crippen LogP contribution is -2.40. The minimum Gasteiger partial charge on any atom is -0.490 e. The number of hydrogen-bond donors (Lipinski definition) is 0. The summed E-state index contributed by atoms with van der Waals surface area (Å²) < 4.78 is 44.4. The fraction of sp³-hybridized carbons (Fsp3) is 0.278. The molecule has 5 heterocycles. The van der Waals surface area contributed by atoms with Gasteiger partial charge in [0.05, 0.1) is 42.6 Å². The summed E-state index contributed by atoms with van der Waals surface area (Å²) in [6.07, 6.45) is 1.63. The van der Waals surface area contributed by atoms with E-state index in [4.69, 9.17) is 19.6 Å². The Bertz CT molecular complexity index is 2110. The molecule has 2 aliphatic rings. The molecule has 0 spiro atoms. The molecule has 0 N–H and O–H groups in total. The van der Waals surface area contributed by atoms with Crippen LogP contribution in [0.3, 0.4) is 0 Å². The number of fused-ring (bicyclic) bond motifs is 3. The molecule has 5 aromatic rings. The second-order valence-electron chi connectivity index (χ2n) is 11.9. The van der Waals surface area contributed by atoms with E-state index in [1.807, 2.05) is 41.3 Å². The molecule has 2 aromatic carbocycles. The van der Waals surface area contributed by atoms with Crippen LogP contribution in [0, 0.1) is 11.6 Å². The van der Waals surface area contributed by atoms with Crippen LogP contribution in [0.5, 0.6) is 5.75 Å². The second-order valence-corrected chi connectivity index (χ2v) is 12.9. The standard InChI is InChI=1S/C36H33F2N5O4S/c1-5-30(44)42-9-10-43-28(20(42)2)18-27(40-43)35-33(32-26(38)16-24(37)17-29(32)47-12-11-46-4)36-25(8-13-48-36)34(39-35)22-7-6-21-15-31(45)41(3)19-23(21)14-22/h5-8,13-14,16-18,20H,1,9-12,15,19H2,2-4H3. The topological polar surface area (TPSA) is 89.8 Å². The van der Waals surface area contributed by atoms with Crippen molar-refractivity contribution >= 4 is 33.2 Å². The molecule has 0 saturated carbocycles. The van der Waals surface area contributed by atoms with Crippen molar-refractivity contribution in [1.29, 1.82) is 0 Å². The largest absolute Gasteiger partial charge is 0.490 e. The summed E-state index contributed by atoms with van der Waals surface area (Å²) in [7, 11) is 3.31. The summed E-state index contributed by atoms with van der Waals surface area (Å²) in [5.74, 6) is -1.65. The molecule has 0 radical (unpaired) electrons. The van der Waals surface area contributed by atoms with Gasteiger partial charge in [-0.15, -0.1) is 11.3 Å². The Kier molecular flexibility index (Phi) is 8.30. The van der Waals surface area contributed by atoms with E-state index in [0.29, 0.717) is 48.7 Å². The molecule has 3 aromatic heterocycles. The first-order valence-corrected chi connectivity index (χ1v) is 16.5. The number of nitrogens with zero attached hydrogens (tertiary/aromatic N) is 5. The van der Waals surface area contributed by atoms with Gasteiger partial charge in [-0.25, -0.2) is 13.8 Å². The molecule has 9 nitrogen and oxygen atoms in total. The Balaban J connectivity index is 1.48. The number of ether oxygens (including phenoxy) is 2. The quantitative estimate of drug-likeness (QED) is 0.140. The minimum atomic E-state index is -0.797. The third-order valence-corrected chi connectivity index (χ3v) is 9.97. The number of halogens is 2. The van der Waals surface area contributed by atoms with Gasteiger partial charge < -0.3 is 19.3 Å². The van der Waals surface area contributed by atoms with Crippen LogP contribution in [0.15, 0.2) is 60.5 Å². The number of carbonyl (C=O) groups is 2. The SMILES string of the molecule is C=CC(=O)N1CCn2nc(-c3nc(-c4ccc5c(c4)CN(C)C(=O)C5)c4ccsc4c3-c3c(F)cc(F)cc3OCCOC)cc2C1C. The molecular formula is C36H33F2N5O4S. The Morgan fingerprint density at radius 1 is 1.08 bits per heavy atom. The molecule has 2 aliphatic heterocycles. The highest BCUT2D eigenvalue weighted by atomic mass is 32.1. The lowest BCUT2D eigenvalue weighted by molar-refractivity contribution is -0.130. The van der Waals surface area contributed by atoms with Crippen LogP contribution in [0.4, 0.5) is 8.78 Å². The maximum Gasteiger partial charge on any atom is 0.246 e. The molecule has 7 rings (SSSR count). The van der Waals surface area contributed by atoms with Crippen molar-refractivity contribution in [2.45, 2.75) is 32.5 Å². The predicted molar refractivity (Wildman–Crippen MR) is 180 cm³/mol. The number of likely N-dealkylation sites (N-methyl/N-ethyl adjacent to an activating group) is 1. The Labute approximate surface area is 280 Å². The van der Waals surface area contributed by atoms with E-state index in [1.165, 1.54) is 30.6 Å². The van der Waals surface area contributed by atoms with E-state index >= 15 is 4.39 Å². The zero-order valence-corrected chi connectivity index (χ0v) is 27.6. The number of rotatable bonds is 8. The first kappa shape index (κ1) is 31.6. The number of pyridine rings is 1. The molecule has 0 saturated heterocycles. The van der Waals surface area contributed by atoms with Crippen LogP contribution >= 0.6 is 11.3 Å². The van der Waals surface area contributed by atoms with Gasteiger partial charge in [-0.3, -0.25) is 14.3 Å². The van der Waals surface area contributed by atoms with E-state index in [-0.39, 0.29) is 42.4 Å². The van der Waals surface area contributed by atoms with Crippen molar-refractivity contribution in [3.05, 3.63) is 89.0 Å². The van der Waals surface area contributed by atoms with Crippen molar-refractivity contribution in [3.63, 3.8) is 0 Å². The van der Waals surface area contributed by atoms with Gasteiger partial charge in [-0.05, 0) is 47.7 Å². The molecule has 246 valence electrons. The van der Waals surface area contributed by atoms with Crippen LogP contribution in [-0.2, 0) is 33.8 Å². The van der Waals surface area contributed by atoms with Crippen molar-refractivity contribution in [2.24, 2.45) is 0 Å². The molecule has 0 fully saturated rings. The van der Waals surface area contributed by atoms with Gasteiger partial charge in [0.1, 0.15) is 35.4 Å². The zero-order valence-electron chi connectivity index (χ0n) is 26.8. The maximum atomic E-state index is 16.1. The molecular weight excluding hydrogens is 636 g/mol. The van der Waals surface area contributed by atoms with E-state index < -0.39 is 11.6 Å². The van der Waals surface area contributed by atoms with Crippen molar-refractivity contribution < 1.29 is 27.8 Å². The Morgan fingerprint density at radius 3 is 2.71 bits per heavy atom. The number of amides is 2. The average Bonchev–Trinajstić information content (AvgIpc) is 3.73. The lowest BCUT2D eigenvalue weighted by Gasteiger charge is -2.33. The van der Waals surface area contributed by atoms with Gasteiger partial charge in [0, 0.05) is 60.6 Å². The van der Waals surface area contributed by atoms with Crippen LogP contribution < -0.4 is 4.74 Å². The van der Waals surface area contributed by atoms with E-state index in [2.05, 4.69) is 12.6 Å².